The quantitative estimate of drug-likeness (QED) is 0.788. The number of nitrogens with zero attached hydrogens (tertiary/aromatic N) is 2. The normalized spacial score (nSPS) is 17.8. The van der Waals surface area contributed by atoms with Crippen LogP contribution in [0.3, 0.4) is 0 Å². The van der Waals surface area contributed by atoms with E-state index in [-0.39, 0.29) is 17.4 Å². The van der Waals surface area contributed by atoms with E-state index < -0.39 is 0 Å². The zero-order chi connectivity index (χ0) is 16.9. The lowest BCUT2D eigenvalue weighted by molar-refractivity contribution is -0.144. The van der Waals surface area contributed by atoms with Gasteiger partial charge in [0.15, 0.2) is 0 Å². The van der Waals surface area contributed by atoms with Crippen molar-refractivity contribution >= 4 is 5.97 Å². The Bertz CT molecular complexity index is 752. The van der Waals surface area contributed by atoms with Crippen molar-refractivity contribution in [2.75, 3.05) is 20.2 Å². The molecule has 1 fully saturated rings. The molecule has 0 bridgehead atoms. The molecule has 0 amide bonds. The largest absolute Gasteiger partial charge is 0.469 e. The molecule has 5 heteroatoms. The number of carbonyl (C=O) groups excluding carboxylic acids is 1. The van der Waals surface area contributed by atoms with Crippen molar-refractivity contribution in [1.29, 1.82) is 0 Å². The molecule has 0 N–H and O–H groups in total. The van der Waals surface area contributed by atoms with Gasteiger partial charge < -0.3 is 9.30 Å². The second-order valence-electron chi connectivity index (χ2n) is 6.23. The number of pyridine rings is 1. The van der Waals surface area contributed by atoms with Crippen LogP contribution in [0.1, 0.15) is 17.5 Å². The summed E-state index contributed by atoms with van der Waals surface area (Å²) in [6.45, 7) is 3.09. The van der Waals surface area contributed by atoms with E-state index in [0.29, 0.717) is 6.54 Å². The predicted octanol–water partition coefficient (Wildman–Crippen LogP) is 1.89. The Labute approximate surface area is 141 Å². The number of rotatable bonds is 5. The number of hydrogen-bond donors (Lipinski definition) is 0. The van der Waals surface area contributed by atoms with Crippen LogP contribution < -0.4 is 5.56 Å². The standard InChI is InChI=1S/C19H22N2O3/c1-24-19(23)17-9-11-20(14-17)12-15-5-7-16(8-6-15)13-21-10-3-2-4-18(21)22/h2-8,10,17H,9,11-14H2,1H3. The lowest BCUT2D eigenvalue weighted by Crippen LogP contribution is -2.23. The molecule has 1 aliphatic rings. The molecule has 0 aliphatic carbocycles. The molecule has 126 valence electrons. The van der Waals surface area contributed by atoms with E-state index in [0.717, 1.165) is 31.6 Å². The maximum absolute atomic E-state index is 11.7. The summed E-state index contributed by atoms with van der Waals surface area (Å²) in [5.74, 6) is -0.111. The zero-order valence-electron chi connectivity index (χ0n) is 13.9. The molecule has 0 saturated carbocycles. The molecule has 0 radical (unpaired) electrons. The van der Waals surface area contributed by atoms with Gasteiger partial charge in [0.25, 0.3) is 5.56 Å². The van der Waals surface area contributed by atoms with Crippen LogP contribution in [0, 0.1) is 5.92 Å². The minimum atomic E-state index is -0.110. The number of methoxy groups -OCH3 is 1. The average Bonchev–Trinajstić information content (AvgIpc) is 3.06. The van der Waals surface area contributed by atoms with Gasteiger partial charge in [-0.3, -0.25) is 14.5 Å². The van der Waals surface area contributed by atoms with Crippen LogP contribution in [0.5, 0.6) is 0 Å². The Kier molecular flexibility index (Phi) is 5.11. The van der Waals surface area contributed by atoms with E-state index in [1.165, 1.54) is 12.7 Å². The Morgan fingerprint density at radius 3 is 2.50 bits per heavy atom. The number of carbonyl (C=O) groups is 1. The van der Waals surface area contributed by atoms with Crippen LogP contribution in [-0.4, -0.2) is 35.6 Å². The second kappa shape index (κ2) is 7.45. The molecule has 1 aromatic carbocycles. The third-order valence-corrected chi connectivity index (χ3v) is 4.49. The summed E-state index contributed by atoms with van der Waals surface area (Å²) < 4.78 is 6.51. The fourth-order valence-corrected chi connectivity index (χ4v) is 3.13. The molecule has 1 aromatic heterocycles. The van der Waals surface area contributed by atoms with Gasteiger partial charge in [0.05, 0.1) is 19.6 Å². The van der Waals surface area contributed by atoms with Crippen molar-refractivity contribution in [2.45, 2.75) is 19.5 Å². The number of ether oxygens (including phenoxy) is 1. The van der Waals surface area contributed by atoms with E-state index in [1.807, 2.05) is 6.07 Å². The number of benzene rings is 1. The van der Waals surface area contributed by atoms with Gasteiger partial charge in [0, 0.05) is 25.4 Å². The molecule has 1 atom stereocenters. The first-order valence-corrected chi connectivity index (χ1v) is 8.19. The molecule has 1 saturated heterocycles. The summed E-state index contributed by atoms with van der Waals surface area (Å²) in [4.78, 5) is 25.6. The van der Waals surface area contributed by atoms with E-state index in [1.54, 1.807) is 22.9 Å². The second-order valence-corrected chi connectivity index (χ2v) is 6.23. The van der Waals surface area contributed by atoms with E-state index in [4.69, 9.17) is 4.74 Å². The van der Waals surface area contributed by atoms with Gasteiger partial charge in [0.2, 0.25) is 0 Å². The molecule has 1 aliphatic heterocycles. The van der Waals surface area contributed by atoms with Crippen LogP contribution in [0.25, 0.3) is 0 Å². The van der Waals surface area contributed by atoms with Crippen molar-refractivity contribution in [3.05, 3.63) is 70.1 Å². The smallest absolute Gasteiger partial charge is 0.310 e. The van der Waals surface area contributed by atoms with Crippen molar-refractivity contribution in [2.24, 2.45) is 5.92 Å². The van der Waals surface area contributed by atoms with Crippen molar-refractivity contribution in [3.8, 4) is 0 Å². The van der Waals surface area contributed by atoms with Crippen LogP contribution >= 0.6 is 0 Å². The van der Waals surface area contributed by atoms with Gasteiger partial charge in [-0.15, -0.1) is 0 Å². The Hall–Kier alpha value is -2.40. The SMILES string of the molecule is COC(=O)C1CCN(Cc2ccc(Cn3ccccc3=O)cc2)C1. The first-order valence-electron chi connectivity index (χ1n) is 8.19. The monoisotopic (exact) mass is 326 g/mol. The average molecular weight is 326 g/mol. The van der Waals surface area contributed by atoms with Gasteiger partial charge in [-0.25, -0.2) is 0 Å². The number of esters is 1. The van der Waals surface area contributed by atoms with Crippen LogP contribution in [-0.2, 0) is 22.6 Å². The summed E-state index contributed by atoms with van der Waals surface area (Å²) in [7, 11) is 1.45. The molecular formula is C19H22N2O3. The molecule has 3 rings (SSSR count). The number of aromatic nitrogens is 1. The lowest BCUT2D eigenvalue weighted by Gasteiger charge is -2.16. The molecule has 0 spiro atoms. The predicted molar refractivity (Wildman–Crippen MR) is 91.6 cm³/mol. The molecule has 5 nitrogen and oxygen atoms in total. The molecule has 2 aromatic rings. The first-order chi connectivity index (χ1) is 11.7. The van der Waals surface area contributed by atoms with Gasteiger partial charge in [-0.05, 0) is 30.2 Å². The third kappa shape index (κ3) is 3.92. The summed E-state index contributed by atoms with van der Waals surface area (Å²) >= 11 is 0. The maximum Gasteiger partial charge on any atom is 0.310 e. The van der Waals surface area contributed by atoms with Crippen molar-refractivity contribution in [1.82, 2.24) is 9.47 Å². The summed E-state index contributed by atoms with van der Waals surface area (Å²) in [6, 6.07) is 13.5. The highest BCUT2D eigenvalue weighted by atomic mass is 16.5. The highest BCUT2D eigenvalue weighted by molar-refractivity contribution is 5.72. The lowest BCUT2D eigenvalue weighted by atomic mass is 10.1. The molecular weight excluding hydrogens is 304 g/mol. The van der Waals surface area contributed by atoms with E-state index in [2.05, 4.69) is 29.2 Å². The minimum Gasteiger partial charge on any atom is -0.469 e. The fourth-order valence-electron chi connectivity index (χ4n) is 3.13. The molecule has 24 heavy (non-hydrogen) atoms. The van der Waals surface area contributed by atoms with Crippen LogP contribution in [0.15, 0.2) is 53.5 Å². The van der Waals surface area contributed by atoms with Gasteiger partial charge in [-0.2, -0.15) is 0 Å². The van der Waals surface area contributed by atoms with Crippen molar-refractivity contribution < 1.29 is 9.53 Å². The van der Waals surface area contributed by atoms with E-state index >= 15 is 0 Å². The topological polar surface area (TPSA) is 51.5 Å². The summed E-state index contributed by atoms with van der Waals surface area (Å²) in [5, 5.41) is 0. The van der Waals surface area contributed by atoms with E-state index in [9.17, 15) is 9.59 Å². The fraction of sp³-hybridized carbons (Fsp3) is 0.368. The first kappa shape index (κ1) is 16.5. The Morgan fingerprint density at radius 2 is 1.83 bits per heavy atom. The highest BCUT2D eigenvalue weighted by Gasteiger charge is 2.28. The summed E-state index contributed by atoms with van der Waals surface area (Å²) in [5.41, 5.74) is 2.32. The van der Waals surface area contributed by atoms with Gasteiger partial charge in [-0.1, -0.05) is 30.3 Å². The van der Waals surface area contributed by atoms with Crippen LogP contribution in [0.2, 0.25) is 0 Å². The highest BCUT2D eigenvalue weighted by Crippen LogP contribution is 2.20. The third-order valence-electron chi connectivity index (χ3n) is 4.49. The number of likely N-dealkylation sites (tertiary alicyclic amines) is 1. The minimum absolute atomic E-state index is 0.000714. The maximum atomic E-state index is 11.7. The van der Waals surface area contributed by atoms with Gasteiger partial charge >= 0.3 is 5.97 Å². The molecule has 1 unspecified atom stereocenters. The van der Waals surface area contributed by atoms with Gasteiger partial charge in [0.1, 0.15) is 0 Å². The Balaban J connectivity index is 1.58. The number of hydrogen-bond acceptors (Lipinski definition) is 4. The van der Waals surface area contributed by atoms with Crippen molar-refractivity contribution in [3.63, 3.8) is 0 Å². The molecule has 2 heterocycles. The zero-order valence-corrected chi connectivity index (χ0v) is 13.9. The Morgan fingerprint density at radius 1 is 1.12 bits per heavy atom. The summed E-state index contributed by atoms with van der Waals surface area (Å²) in [6.07, 6.45) is 2.66. The van der Waals surface area contributed by atoms with Crippen LogP contribution in [0.4, 0.5) is 0 Å².